The predicted molar refractivity (Wildman–Crippen MR) is 140 cm³/mol. The minimum atomic E-state index is 0. The van der Waals surface area contributed by atoms with E-state index in [0.717, 1.165) is 78.3 Å². The summed E-state index contributed by atoms with van der Waals surface area (Å²) in [5.74, 6) is 0. The fourth-order valence-electron chi connectivity index (χ4n) is 1.94. The summed E-state index contributed by atoms with van der Waals surface area (Å²) < 4.78 is 0. The van der Waals surface area contributed by atoms with Gasteiger partial charge in [-0.1, -0.05) is 68.2 Å². The van der Waals surface area contributed by atoms with Crippen LogP contribution in [-0.2, 0) is 0 Å². The van der Waals surface area contributed by atoms with E-state index in [4.69, 9.17) is 0 Å². The van der Waals surface area contributed by atoms with Gasteiger partial charge >= 0.3 is 113 Å². The second-order valence-electron chi connectivity index (χ2n) is 7.15. The first-order valence-corrected chi connectivity index (χ1v) is 12.0. The van der Waals surface area contributed by atoms with Crippen LogP contribution in [0.3, 0.4) is 0 Å². The molecule has 0 bridgehead atoms. The van der Waals surface area contributed by atoms with E-state index < -0.39 is 0 Å². The maximum atomic E-state index is 4.36. The molecule has 184 valence electrons. The molecule has 0 spiro atoms. The first-order chi connectivity index (χ1) is 14.5. The van der Waals surface area contributed by atoms with Crippen LogP contribution in [0.4, 0.5) is 0 Å². The number of hydrogen-bond donors (Lipinski definition) is 0. The Morgan fingerprint density at radius 3 is 0.972 bits per heavy atom. The molecule has 6 nitrogen and oxygen atoms in total. The monoisotopic (exact) mass is 467 g/mol. The van der Waals surface area contributed by atoms with E-state index >= 15 is 0 Å². The topological polar surface area (TPSA) is 84.6 Å². The fraction of sp³-hybridized carbons (Fsp3) is 0.917. The minimum absolute atomic E-state index is 0. The summed E-state index contributed by atoms with van der Waals surface area (Å²) in [5, 5.41) is 25.4. The summed E-state index contributed by atoms with van der Waals surface area (Å²) in [7, 11) is 0. The Balaban J connectivity index is -0.0000000402. The van der Waals surface area contributed by atoms with E-state index in [1.165, 1.54) is 0 Å². The molecule has 0 radical (unpaired) electrons. The van der Waals surface area contributed by atoms with Crippen molar-refractivity contribution in [2.24, 2.45) is 0 Å². The minimum Gasteiger partial charge on any atom is -0.663 e. The molecule has 0 N–H and O–H groups in total. The van der Waals surface area contributed by atoms with Crippen molar-refractivity contribution >= 4 is 0 Å². The maximum Gasteiger partial charge on any atom is 1.00 e. The van der Waals surface area contributed by atoms with Crippen LogP contribution in [-0.4, -0.2) is 77.5 Å². The normalized spacial score (nSPS) is 9.06. The van der Waals surface area contributed by atoms with Crippen molar-refractivity contribution in [3.63, 3.8) is 0 Å². The van der Waals surface area contributed by atoms with Crippen LogP contribution in [0.25, 0.3) is 31.9 Å². The van der Waals surface area contributed by atoms with Gasteiger partial charge in [-0.3, -0.25) is 0 Å². The van der Waals surface area contributed by atoms with Gasteiger partial charge in [0, 0.05) is 0 Å². The van der Waals surface area contributed by atoms with Crippen molar-refractivity contribution in [1.29, 1.82) is 0 Å². The van der Waals surface area contributed by atoms with E-state index in [1.807, 2.05) is 13.8 Å². The van der Waals surface area contributed by atoms with Gasteiger partial charge in [0.2, 0.25) is 0 Å². The number of nitrogens with zero attached hydrogens (tertiary/aromatic N) is 6. The molecule has 0 saturated carbocycles. The molecule has 0 aromatic heterocycles. The molecule has 36 heavy (non-hydrogen) atoms. The third-order valence-corrected chi connectivity index (χ3v) is 3.47. The summed E-state index contributed by atoms with van der Waals surface area (Å²) in [6, 6.07) is 0.961. The van der Waals surface area contributed by atoms with Gasteiger partial charge in [-0.15, -0.1) is 37.3 Å². The molecule has 0 aliphatic heterocycles. The molecular weight excluding hydrogens is 414 g/mol. The maximum absolute atomic E-state index is 4.36. The second kappa shape index (κ2) is 61.9. The van der Waals surface area contributed by atoms with Gasteiger partial charge in [-0.05, 0) is 0 Å². The van der Waals surface area contributed by atoms with Gasteiger partial charge in [0.05, 0.1) is 0 Å². The summed E-state index contributed by atoms with van der Waals surface area (Å²) in [6.45, 7) is 26.0. The Morgan fingerprint density at radius 1 is 0.444 bits per heavy atom. The molecule has 0 fully saturated rings. The van der Waals surface area contributed by atoms with E-state index in [0.29, 0.717) is 12.1 Å². The molecule has 0 aromatic carbocycles. The third-order valence-electron chi connectivity index (χ3n) is 3.47. The standard InChI is InChI=1S/C9H20N2.C8H16N2.C7H16N2.6Li/c1-8(2)10-6-5-7-11-9(3)4;1-3-9-7-5-6-8-10-4-2;1-3-8-6-5-7-9-4-2;;;;;;/h8-9H,5-7H2,1-4H3;5-6H,3-4,7-8H2,1-2H3;3-7H2,1-2H3;;;;;;/q3*-2;6*+1/b;6-5+;;;;;;;. The fourth-order valence-corrected chi connectivity index (χ4v) is 1.94. The third kappa shape index (κ3) is 83.2. The Bertz CT molecular complexity index is 293. The first kappa shape index (κ1) is 62.6. The Labute approximate surface area is 300 Å². The molecule has 0 aliphatic rings. The molecule has 0 unspecified atom stereocenters. The Morgan fingerprint density at radius 2 is 0.722 bits per heavy atom. The molecular formula is C24H52Li6N6. The average molecular weight is 466 g/mol. The summed E-state index contributed by atoms with van der Waals surface area (Å²) >= 11 is 0. The van der Waals surface area contributed by atoms with Crippen molar-refractivity contribution in [2.75, 3.05) is 65.4 Å². The van der Waals surface area contributed by atoms with Gasteiger partial charge in [0.1, 0.15) is 0 Å². The van der Waals surface area contributed by atoms with Crippen molar-refractivity contribution in [2.45, 2.75) is 80.3 Å². The van der Waals surface area contributed by atoms with Crippen LogP contribution in [0.2, 0.25) is 0 Å². The zero-order chi connectivity index (χ0) is 23.3. The Kier molecular flexibility index (Phi) is 108. The first-order valence-electron chi connectivity index (χ1n) is 12.0. The molecule has 0 amide bonds. The second-order valence-corrected chi connectivity index (χ2v) is 7.15. The molecule has 0 atom stereocenters. The van der Waals surface area contributed by atoms with Crippen LogP contribution < -0.4 is 113 Å². The SMILES string of the molecule is CC(C)[N-]CCC[N-]C(C)C.CC[N-]C/C=C/C[N-]CC.CC[N-]CCC[N-]CC.[Li+].[Li+].[Li+].[Li+].[Li+].[Li+]. The summed E-state index contributed by atoms with van der Waals surface area (Å²) in [5.41, 5.74) is 0. The molecule has 0 rings (SSSR count). The van der Waals surface area contributed by atoms with Crippen molar-refractivity contribution in [3.8, 4) is 0 Å². The van der Waals surface area contributed by atoms with Gasteiger partial charge in [-0.2, -0.15) is 52.4 Å². The Hall–Kier alpha value is 3.08. The van der Waals surface area contributed by atoms with E-state index in [1.54, 1.807) is 0 Å². The largest absolute Gasteiger partial charge is 1.00 e. The van der Waals surface area contributed by atoms with Crippen LogP contribution in [0.15, 0.2) is 12.2 Å². The number of rotatable bonds is 18. The zero-order valence-electron chi connectivity index (χ0n) is 27.5. The molecule has 0 aromatic rings. The van der Waals surface area contributed by atoms with Crippen molar-refractivity contribution < 1.29 is 113 Å². The van der Waals surface area contributed by atoms with Crippen LogP contribution >= 0.6 is 0 Å². The van der Waals surface area contributed by atoms with Gasteiger partial charge in [0.15, 0.2) is 0 Å². The van der Waals surface area contributed by atoms with Gasteiger partial charge in [-0.25, -0.2) is 0 Å². The van der Waals surface area contributed by atoms with E-state index in [9.17, 15) is 0 Å². The molecule has 0 saturated heterocycles. The van der Waals surface area contributed by atoms with Crippen molar-refractivity contribution in [1.82, 2.24) is 0 Å². The van der Waals surface area contributed by atoms with Crippen molar-refractivity contribution in [3.05, 3.63) is 44.1 Å². The van der Waals surface area contributed by atoms with Crippen LogP contribution in [0.5, 0.6) is 0 Å². The summed E-state index contributed by atoms with van der Waals surface area (Å²) in [4.78, 5) is 0. The number of hydrogen-bond acceptors (Lipinski definition) is 0. The molecule has 0 aliphatic carbocycles. The molecule has 0 heterocycles. The van der Waals surface area contributed by atoms with Crippen LogP contribution in [0, 0.1) is 0 Å². The van der Waals surface area contributed by atoms with Gasteiger partial charge < -0.3 is 31.9 Å². The van der Waals surface area contributed by atoms with E-state index in [-0.39, 0.29) is 113 Å². The summed E-state index contributed by atoms with van der Waals surface area (Å²) in [6.07, 6.45) is 6.35. The zero-order valence-corrected chi connectivity index (χ0v) is 27.5. The number of likely N-dealkylation sites (N-methyl/N-ethyl adjacent to an activating group) is 2. The van der Waals surface area contributed by atoms with E-state index in [2.05, 4.69) is 85.6 Å². The van der Waals surface area contributed by atoms with Gasteiger partial charge in [0.25, 0.3) is 0 Å². The average Bonchev–Trinajstić information content (AvgIpc) is 2.71. The van der Waals surface area contributed by atoms with Crippen LogP contribution in [0.1, 0.15) is 68.2 Å². The smallest absolute Gasteiger partial charge is 0.663 e. The molecule has 12 heteroatoms. The predicted octanol–water partition coefficient (Wildman–Crippen LogP) is -10.5. The quantitative estimate of drug-likeness (QED) is 0.109.